The molecule has 1 aromatic heterocycles. The molecule has 0 aliphatic rings. The molecule has 0 spiro atoms. The number of benzene rings is 2. The SMILES string of the molecule is Cc1cc(C(=O)OCc2ccc(-n3cccn3)cc2)cc(S(=O)(=O)N(C)C)c1C. The third kappa shape index (κ3) is 4.38. The maximum Gasteiger partial charge on any atom is 0.338 e. The Balaban J connectivity index is 1.76. The van der Waals surface area contributed by atoms with Gasteiger partial charge in [-0.25, -0.2) is 22.2 Å². The van der Waals surface area contributed by atoms with Gasteiger partial charge in [0.15, 0.2) is 0 Å². The van der Waals surface area contributed by atoms with E-state index in [0.29, 0.717) is 11.1 Å². The summed E-state index contributed by atoms with van der Waals surface area (Å²) in [6.07, 6.45) is 3.54. The lowest BCUT2D eigenvalue weighted by molar-refractivity contribution is 0.0472. The first-order valence-corrected chi connectivity index (χ1v) is 10.4. The fraction of sp³-hybridized carbons (Fsp3) is 0.238. The summed E-state index contributed by atoms with van der Waals surface area (Å²) in [6, 6.07) is 12.3. The molecule has 29 heavy (non-hydrogen) atoms. The number of aromatic nitrogens is 2. The summed E-state index contributed by atoms with van der Waals surface area (Å²) in [5, 5.41) is 4.16. The third-order valence-corrected chi connectivity index (χ3v) is 6.63. The number of aryl methyl sites for hydroxylation is 1. The van der Waals surface area contributed by atoms with Crippen molar-refractivity contribution in [1.82, 2.24) is 14.1 Å². The van der Waals surface area contributed by atoms with Crippen LogP contribution >= 0.6 is 0 Å². The Morgan fingerprint density at radius 1 is 1.14 bits per heavy atom. The van der Waals surface area contributed by atoms with Crippen LogP contribution in [-0.4, -0.2) is 42.6 Å². The molecule has 0 unspecified atom stereocenters. The molecule has 0 bridgehead atoms. The fourth-order valence-corrected chi connectivity index (χ4v) is 4.03. The molecule has 0 fully saturated rings. The first kappa shape index (κ1) is 20.8. The summed E-state index contributed by atoms with van der Waals surface area (Å²) in [6.45, 7) is 3.58. The molecule has 0 N–H and O–H groups in total. The molecule has 3 rings (SSSR count). The van der Waals surface area contributed by atoms with E-state index in [2.05, 4.69) is 5.10 Å². The quantitative estimate of drug-likeness (QED) is 0.580. The first-order chi connectivity index (χ1) is 13.7. The van der Waals surface area contributed by atoms with Gasteiger partial charge in [0.2, 0.25) is 10.0 Å². The molecule has 3 aromatic rings. The van der Waals surface area contributed by atoms with Crippen LogP contribution in [0.1, 0.15) is 27.0 Å². The van der Waals surface area contributed by atoms with Crippen LogP contribution in [-0.2, 0) is 21.4 Å². The minimum atomic E-state index is -3.66. The first-order valence-electron chi connectivity index (χ1n) is 9.00. The number of esters is 1. The lowest BCUT2D eigenvalue weighted by Crippen LogP contribution is -2.24. The van der Waals surface area contributed by atoms with Gasteiger partial charge >= 0.3 is 5.97 Å². The van der Waals surface area contributed by atoms with Gasteiger partial charge in [-0.2, -0.15) is 5.10 Å². The third-order valence-electron chi connectivity index (χ3n) is 4.69. The molecular formula is C21H23N3O4S. The number of ether oxygens (including phenoxy) is 1. The van der Waals surface area contributed by atoms with Crippen molar-refractivity contribution in [2.45, 2.75) is 25.3 Å². The molecule has 152 valence electrons. The summed E-state index contributed by atoms with van der Waals surface area (Å²) in [4.78, 5) is 12.6. The van der Waals surface area contributed by atoms with E-state index in [1.54, 1.807) is 30.8 Å². The largest absolute Gasteiger partial charge is 0.457 e. The fourth-order valence-electron chi connectivity index (χ4n) is 2.81. The van der Waals surface area contributed by atoms with Crippen molar-refractivity contribution in [1.29, 1.82) is 0 Å². The Kier molecular flexibility index (Phi) is 5.86. The van der Waals surface area contributed by atoms with Crippen LogP contribution < -0.4 is 0 Å². The van der Waals surface area contributed by atoms with Crippen molar-refractivity contribution < 1.29 is 17.9 Å². The number of sulfonamides is 1. The second-order valence-corrected chi connectivity index (χ2v) is 9.02. The highest BCUT2D eigenvalue weighted by molar-refractivity contribution is 7.89. The van der Waals surface area contributed by atoms with Gasteiger partial charge in [0.05, 0.1) is 16.1 Å². The standard InChI is InChI=1S/C21H23N3O4S/c1-15-12-18(13-20(16(15)2)29(26,27)23(3)4)21(25)28-14-17-6-8-19(9-7-17)24-11-5-10-22-24/h5-13H,14H2,1-4H3. The van der Waals surface area contributed by atoms with Crippen LogP contribution in [0.15, 0.2) is 59.8 Å². The van der Waals surface area contributed by atoms with Gasteiger partial charge in [0, 0.05) is 26.5 Å². The zero-order valence-corrected chi connectivity index (χ0v) is 17.6. The Morgan fingerprint density at radius 2 is 1.83 bits per heavy atom. The monoisotopic (exact) mass is 413 g/mol. The molecule has 0 saturated carbocycles. The van der Waals surface area contributed by atoms with Gasteiger partial charge in [0.1, 0.15) is 6.61 Å². The van der Waals surface area contributed by atoms with Gasteiger partial charge in [-0.1, -0.05) is 12.1 Å². The van der Waals surface area contributed by atoms with Crippen LogP contribution in [0.5, 0.6) is 0 Å². The summed E-state index contributed by atoms with van der Waals surface area (Å²) in [5.41, 5.74) is 3.26. The predicted molar refractivity (Wildman–Crippen MR) is 109 cm³/mol. The lowest BCUT2D eigenvalue weighted by atomic mass is 10.1. The molecule has 0 saturated heterocycles. The Morgan fingerprint density at radius 3 is 2.41 bits per heavy atom. The zero-order valence-electron chi connectivity index (χ0n) is 16.8. The Hall–Kier alpha value is -2.97. The Labute approximate surface area is 170 Å². The van der Waals surface area contributed by atoms with E-state index in [0.717, 1.165) is 15.6 Å². The van der Waals surface area contributed by atoms with E-state index in [1.807, 2.05) is 36.5 Å². The average Bonchev–Trinajstić information content (AvgIpc) is 3.23. The van der Waals surface area contributed by atoms with Gasteiger partial charge in [-0.15, -0.1) is 0 Å². The van der Waals surface area contributed by atoms with Gasteiger partial charge < -0.3 is 4.74 Å². The molecule has 0 radical (unpaired) electrons. The molecule has 8 heteroatoms. The highest BCUT2D eigenvalue weighted by atomic mass is 32.2. The number of rotatable bonds is 6. The van der Waals surface area contributed by atoms with Crippen molar-refractivity contribution in [3.63, 3.8) is 0 Å². The number of carbonyl (C=O) groups is 1. The highest BCUT2D eigenvalue weighted by Gasteiger charge is 2.23. The molecular weight excluding hydrogens is 390 g/mol. The highest BCUT2D eigenvalue weighted by Crippen LogP contribution is 2.24. The van der Waals surface area contributed by atoms with E-state index in [-0.39, 0.29) is 17.1 Å². The van der Waals surface area contributed by atoms with Gasteiger partial charge in [-0.05, 0) is 60.9 Å². The summed E-state index contributed by atoms with van der Waals surface area (Å²) >= 11 is 0. The van der Waals surface area contributed by atoms with E-state index in [4.69, 9.17) is 4.74 Å². The zero-order chi connectivity index (χ0) is 21.2. The molecule has 2 aromatic carbocycles. The van der Waals surface area contributed by atoms with Crippen molar-refractivity contribution >= 4 is 16.0 Å². The smallest absolute Gasteiger partial charge is 0.338 e. The minimum absolute atomic E-state index is 0.0842. The second-order valence-electron chi connectivity index (χ2n) is 6.90. The molecule has 0 atom stereocenters. The normalized spacial score (nSPS) is 11.6. The van der Waals surface area contributed by atoms with E-state index >= 15 is 0 Å². The topological polar surface area (TPSA) is 81.5 Å². The lowest BCUT2D eigenvalue weighted by Gasteiger charge is -2.16. The van der Waals surface area contributed by atoms with Crippen molar-refractivity contribution in [3.05, 3.63) is 77.1 Å². The summed E-state index contributed by atoms with van der Waals surface area (Å²) in [7, 11) is -0.742. The molecule has 7 nitrogen and oxygen atoms in total. The van der Waals surface area contributed by atoms with Crippen LogP contribution in [0.25, 0.3) is 5.69 Å². The van der Waals surface area contributed by atoms with E-state index in [1.165, 1.54) is 20.2 Å². The van der Waals surface area contributed by atoms with Gasteiger partial charge in [0.25, 0.3) is 0 Å². The average molecular weight is 413 g/mol. The van der Waals surface area contributed by atoms with E-state index < -0.39 is 16.0 Å². The number of carbonyl (C=O) groups excluding carboxylic acids is 1. The van der Waals surface area contributed by atoms with E-state index in [9.17, 15) is 13.2 Å². The maximum absolute atomic E-state index is 12.6. The van der Waals surface area contributed by atoms with Gasteiger partial charge in [-0.3, -0.25) is 0 Å². The molecule has 1 heterocycles. The maximum atomic E-state index is 12.6. The van der Waals surface area contributed by atoms with Crippen molar-refractivity contribution in [2.75, 3.05) is 14.1 Å². The van der Waals surface area contributed by atoms with Crippen molar-refractivity contribution in [3.8, 4) is 5.69 Å². The Bertz CT molecular complexity index is 1120. The minimum Gasteiger partial charge on any atom is -0.457 e. The van der Waals surface area contributed by atoms with Crippen LogP contribution in [0.4, 0.5) is 0 Å². The second kappa shape index (κ2) is 8.18. The molecule has 0 aliphatic heterocycles. The van der Waals surface area contributed by atoms with Crippen LogP contribution in [0, 0.1) is 13.8 Å². The number of nitrogens with zero attached hydrogens (tertiary/aromatic N) is 3. The van der Waals surface area contributed by atoms with Crippen LogP contribution in [0.3, 0.4) is 0 Å². The number of hydrogen-bond acceptors (Lipinski definition) is 5. The summed E-state index contributed by atoms with van der Waals surface area (Å²) < 4.78 is 33.4. The predicted octanol–water partition coefficient (Wildman–Crippen LogP) is 3.10. The molecule has 0 amide bonds. The number of hydrogen-bond donors (Lipinski definition) is 0. The molecule has 0 aliphatic carbocycles. The summed E-state index contributed by atoms with van der Waals surface area (Å²) in [5.74, 6) is -0.570. The van der Waals surface area contributed by atoms with Crippen molar-refractivity contribution in [2.24, 2.45) is 0 Å². The van der Waals surface area contributed by atoms with Crippen LogP contribution in [0.2, 0.25) is 0 Å².